The Labute approximate surface area is 59.5 Å². The van der Waals surface area contributed by atoms with Crippen LogP contribution in [0.25, 0.3) is 0 Å². The first-order valence-electron chi connectivity index (χ1n) is 2.96. The van der Waals surface area contributed by atoms with Gasteiger partial charge in [0.25, 0.3) is 0 Å². The van der Waals surface area contributed by atoms with Crippen molar-refractivity contribution in [1.82, 2.24) is 5.32 Å². The van der Waals surface area contributed by atoms with Gasteiger partial charge in [-0.25, -0.2) is 0 Å². The largest absolute Gasteiger partial charge is 0.393 e. The minimum Gasteiger partial charge on any atom is -0.393 e. The molecule has 1 atom stereocenters. The highest BCUT2D eigenvalue weighted by Crippen LogP contribution is 2.00. The highest BCUT2D eigenvalue weighted by atomic mass is 16.3. The molecular weight excluding hydrogens is 132 g/mol. The Balaban J connectivity index is 0.000000371. The van der Waals surface area contributed by atoms with Crippen LogP contribution in [0.2, 0.25) is 0 Å². The highest BCUT2D eigenvalue weighted by Gasteiger charge is 2.14. The van der Waals surface area contributed by atoms with Crippen LogP contribution < -0.4 is 5.32 Å². The van der Waals surface area contributed by atoms with E-state index in [0.717, 1.165) is 0 Å². The molecule has 0 aliphatic carbocycles. The van der Waals surface area contributed by atoms with Crippen LogP contribution in [0.15, 0.2) is 0 Å². The van der Waals surface area contributed by atoms with Crippen molar-refractivity contribution in [2.45, 2.75) is 18.9 Å². The summed E-state index contributed by atoms with van der Waals surface area (Å²) in [6.07, 6.45) is 0.579. The molecule has 4 heteroatoms. The first kappa shape index (κ1) is 8.92. The van der Waals surface area contributed by atoms with E-state index in [1.807, 2.05) is 0 Å². The van der Waals surface area contributed by atoms with Gasteiger partial charge in [-0.2, -0.15) is 5.26 Å². The van der Waals surface area contributed by atoms with Gasteiger partial charge in [0.15, 0.2) is 6.57 Å². The van der Waals surface area contributed by atoms with Crippen LogP contribution in [0.4, 0.5) is 0 Å². The fourth-order valence-corrected chi connectivity index (χ4v) is 0.766. The summed E-state index contributed by atoms with van der Waals surface area (Å²) in [5.41, 5.74) is 0. The van der Waals surface area contributed by atoms with Crippen LogP contribution >= 0.6 is 0 Å². The molecule has 0 spiro atoms. The lowest BCUT2D eigenvalue weighted by atomic mass is 10.1. The minimum atomic E-state index is -0.399. The van der Waals surface area contributed by atoms with Gasteiger partial charge in [-0.05, 0) is 6.42 Å². The van der Waals surface area contributed by atoms with Crippen molar-refractivity contribution in [3.63, 3.8) is 0 Å². The standard InChI is InChI=1S/C5H9NO2.CN/c7-4-1-2-6-5(8)3-4;1-2/h4,7H,1-3H2,(H,6,8);. The second-order valence-electron chi connectivity index (χ2n) is 2.00. The van der Waals surface area contributed by atoms with E-state index in [4.69, 9.17) is 16.9 Å². The van der Waals surface area contributed by atoms with Crippen molar-refractivity contribution in [2.24, 2.45) is 0 Å². The van der Waals surface area contributed by atoms with Crippen molar-refractivity contribution < 1.29 is 9.90 Å². The van der Waals surface area contributed by atoms with Crippen LogP contribution in [0, 0.1) is 11.8 Å². The maximum absolute atomic E-state index is 10.4. The number of amides is 1. The zero-order valence-electron chi connectivity index (χ0n) is 5.50. The third-order valence-corrected chi connectivity index (χ3v) is 1.22. The smallest absolute Gasteiger partial charge is 0.222 e. The van der Waals surface area contributed by atoms with Gasteiger partial charge < -0.3 is 10.4 Å². The number of nitrogens with one attached hydrogen (secondary N) is 1. The molecule has 0 aromatic carbocycles. The molecule has 10 heavy (non-hydrogen) atoms. The molecule has 1 radical (unpaired) electrons. The molecule has 55 valence electrons. The van der Waals surface area contributed by atoms with E-state index in [2.05, 4.69) is 5.32 Å². The van der Waals surface area contributed by atoms with E-state index in [1.165, 1.54) is 0 Å². The predicted octanol–water partition coefficient (Wildman–Crippen LogP) is -0.646. The molecule has 4 nitrogen and oxygen atoms in total. The monoisotopic (exact) mass is 141 g/mol. The van der Waals surface area contributed by atoms with Gasteiger partial charge in [-0.15, -0.1) is 0 Å². The Morgan fingerprint density at radius 1 is 1.70 bits per heavy atom. The summed E-state index contributed by atoms with van der Waals surface area (Å²) in [5, 5.41) is 17.7. The number of nitrogens with zero attached hydrogens (tertiary/aromatic N) is 1. The summed E-state index contributed by atoms with van der Waals surface area (Å²) in [6, 6.07) is 0. The summed E-state index contributed by atoms with van der Waals surface area (Å²) in [4.78, 5) is 10.4. The molecule has 1 aliphatic heterocycles. The lowest BCUT2D eigenvalue weighted by Gasteiger charge is -2.15. The lowest BCUT2D eigenvalue weighted by molar-refractivity contribution is -0.124. The normalized spacial score (nSPS) is 23.9. The molecule has 2 N–H and O–H groups in total. The van der Waals surface area contributed by atoms with Gasteiger partial charge in [-0.3, -0.25) is 4.79 Å². The quantitative estimate of drug-likeness (QED) is 0.471. The van der Waals surface area contributed by atoms with Crippen molar-refractivity contribution in [1.29, 1.82) is 5.26 Å². The molecule has 1 rings (SSSR count). The van der Waals surface area contributed by atoms with E-state index in [9.17, 15) is 4.79 Å². The van der Waals surface area contributed by atoms with E-state index < -0.39 is 6.10 Å². The number of aliphatic hydroxyl groups is 1. The molecule has 1 unspecified atom stereocenters. The number of hydrogen-bond acceptors (Lipinski definition) is 3. The van der Waals surface area contributed by atoms with E-state index >= 15 is 0 Å². The summed E-state index contributed by atoms with van der Waals surface area (Å²) >= 11 is 0. The number of aliphatic hydroxyl groups excluding tert-OH is 1. The molecule has 0 aromatic heterocycles. The molecule has 0 bridgehead atoms. The fourth-order valence-electron chi connectivity index (χ4n) is 0.766. The molecule has 1 heterocycles. The van der Waals surface area contributed by atoms with Crippen molar-refractivity contribution in [3.8, 4) is 0 Å². The molecule has 1 fully saturated rings. The lowest BCUT2D eigenvalue weighted by Crippen LogP contribution is -2.35. The van der Waals surface area contributed by atoms with E-state index in [0.29, 0.717) is 13.0 Å². The maximum Gasteiger partial charge on any atom is 0.222 e. The van der Waals surface area contributed by atoms with Crippen LogP contribution in [0.5, 0.6) is 0 Å². The first-order chi connectivity index (χ1) is 4.79. The number of rotatable bonds is 0. The Morgan fingerprint density at radius 2 is 2.30 bits per heavy atom. The Morgan fingerprint density at radius 3 is 2.60 bits per heavy atom. The van der Waals surface area contributed by atoms with Crippen LogP contribution in [-0.2, 0) is 4.79 Å². The van der Waals surface area contributed by atoms with Gasteiger partial charge in [0.05, 0.1) is 12.5 Å². The highest BCUT2D eigenvalue weighted by molar-refractivity contribution is 5.77. The number of piperidine rings is 1. The molecule has 1 aliphatic rings. The van der Waals surface area contributed by atoms with Crippen LogP contribution in [0.1, 0.15) is 12.8 Å². The third kappa shape index (κ3) is 3.05. The van der Waals surface area contributed by atoms with Crippen molar-refractivity contribution in [3.05, 3.63) is 6.57 Å². The Hall–Kier alpha value is -1.08. The molecule has 1 amide bonds. The van der Waals surface area contributed by atoms with Gasteiger partial charge in [-0.1, -0.05) is 0 Å². The maximum atomic E-state index is 10.4. The summed E-state index contributed by atoms with van der Waals surface area (Å²) < 4.78 is 0. The van der Waals surface area contributed by atoms with Crippen LogP contribution in [-0.4, -0.2) is 23.7 Å². The average molecular weight is 141 g/mol. The second-order valence-corrected chi connectivity index (χ2v) is 2.00. The zero-order chi connectivity index (χ0) is 7.98. The topological polar surface area (TPSA) is 73.1 Å². The van der Waals surface area contributed by atoms with Gasteiger partial charge in [0.1, 0.15) is 0 Å². The third-order valence-electron chi connectivity index (χ3n) is 1.22. The molecule has 1 saturated heterocycles. The van der Waals surface area contributed by atoms with Gasteiger partial charge in [0, 0.05) is 6.54 Å². The second kappa shape index (κ2) is 4.77. The van der Waals surface area contributed by atoms with Crippen molar-refractivity contribution in [2.75, 3.05) is 6.54 Å². The van der Waals surface area contributed by atoms with Crippen LogP contribution in [0.3, 0.4) is 0 Å². The van der Waals surface area contributed by atoms with Gasteiger partial charge >= 0.3 is 0 Å². The molecule has 0 saturated carbocycles. The number of carbonyl (C=O) groups excluding carboxylic acids is 1. The SMILES string of the molecule is O=C1CC(O)CCN1.[C]#N. The predicted molar refractivity (Wildman–Crippen MR) is 33.2 cm³/mol. The fraction of sp³-hybridized carbons (Fsp3) is 0.667. The Bertz CT molecular complexity index is 133. The van der Waals surface area contributed by atoms with E-state index in [1.54, 1.807) is 0 Å². The number of carbonyl (C=O) groups is 1. The molecular formula is C6H9N2O2. The first-order valence-corrected chi connectivity index (χ1v) is 2.96. The number of hydrogen-bond donors (Lipinski definition) is 2. The van der Waals surface area contributed by atoms with Crippen molar-refractivity contribution >= 4 is 5.91 Å². The average Bonchev–Trinajstić information content (AvgIpc) is 1.91. The van der Waals surface area contributed by atoms with Gasteiger partial charge in [0.2, 0.25) is 5.91 Å². The van der Waals surface area contributed by atoms with E-state index in [-0.39, 0.29) is 12.3 Å². The minimum absolute atomic E-state index is 0.0382. The summed E-state index contributed by atoms with van der Waals surface area (Å²) in [7, 11) is 0. The summed E-state index contributed by atoms with van der Waals surface area (Å²) in [6.45, 7) is 5.38. The summed E-state index contributed by atoms with van der Waals surface area (Å²) in [5.74, 6) is -0.0382. The zero-order valence-corrected chi connectivity index (χ0v) is 5.50. The Kier molecular flexibility index (Phi) is 4.25. The molecule has 0 aromatic rings.